The first-order chi connectivity index (χ1) is 14.8. The van der Waals surface area contributed by atoms with Gasteiger partial charge in [0.2, 0.25) is 0 Å². The largest absolute Gasteiger partial charge is 0.391 e. The van der Waals surface area contributed by atoms with Crippen molar-refractivity contribution in [2.24, 2.45) is 5.73 Å². The number of hydrogen-bond donors (Lipinski definition) is 6. The number of amides is 3. The quantitative estimate of drug-likeness (QED) is 0.205. The van der Waals surface area contributed by atoms with Crippen molar-refractivity contribution in [1.82, 2.24) is 16.1 Å². The molecule has 2 aromatic rings. The highest BCUT2D eigenvalue weighted by Crippen LogP contribution is 2.07. The van der Waals surface area contributed by atoms with Gasteiger partial charge in [-0.15, -0.1) is 0 Å². The number of aliphatic hydroxyl groups excluding tert-OH is 1. The van der Waals surface area contributed by atoms with Gasteiger partial charge >= 0.3 is 0 Å². The molecule has 2 atom stereocenters. The molecule has 0 saturated carbocycles. The summed E-state index contributed by atoms with van der Waals surface area (Å²) in [6.45, 7) is 2.06. The highest BCUT2D eigenvalue weighted by atomic mass is 16.5. The Kier molecular flexibility index (Phi) is 8.72. The van der Waals surface area contributed by atoms with Crippen molar-refractivity contribution in [3.63, 3.8) is 0 Å². The molecule has 0 unspecified atom stereocenters. The van der Waals surface area contributed by atoms with E-state index in [0.29, 0.717) is 29.8 Å². The second-order valence-electron chi connectivity index (χ2n) is 6.62. The van der Waals surface area contributed by atoms with Crippen LogP contribution in [0.5, 0.6) is 0 Å². The zero-order chi connectivity index (χ0) is 22.8. The second-order valence-corrected chi connectivity index (χ2v) is 6.62. The molecule has 7 N–H and O–H groups in total. The third kappa shape index (κ3) is 6.94. The van der Waals surface area contributed by atoms with Gasteiger partial charge in [-0.2, -0.15) is 0 Å². The van der Waals surface area contributed by atoms with E-state index >= 15 is 0 Å². The number of benzene rings is 2. The van der Waals surface area contributed by atoms with E-state index in [1.54, 1.807) is 36.4 Å². The molecule has 0 bridgehead atoms. The number of nitrogens with one attached hydrogen (secondary N) is 3. The molecule has 9 heteroatoms. The van der Waals surface area contributed by atoms with Crippen molar-refractivity contribution in [1.29, 1.82) is 0 Å². The van der Waals surface area contributed by atoms with Crippen molar-refractivity contribution < 1.29 is 24.7 Å². The van der Waals surface area contributed by atoms with Gasteiger partial charge in [0.05, 0.1) is 6.10 Å². The number of hydroxylamine groups is 1. The molecule has 31 heavy (non-hydrogen) atoms. The monoisotopic (exact) mass is 424 g/mol. The van der Waals surface area contributed by atoms with Gasteiger partial charge in [0.25, 0.3) is 17.7 Å². The summed E-state index contributed by atoms with van der Waals surface area (Å²) in [7, 11) is 0. The second kappa shape index (κ2) is 11.5. The summed E-state index contributed by atoms with van der Waals surface area (Å²) in [5.74, 6) is 4.17. The molecule has 162 valence electrons. The maximum absolute atomic E-state index is 12.3. The molecule has 9 nitrogen and oxygen atoms in total. The lowest BCUT2D eigenvalue weighted by Crippen LogP contribution is -2.51. The van der Waals surface area contributed by atoms with Gasteiger partial charge < -0.3 is 21.5 Å². The summed E-state index contributed by atoms with van der Waals surface area (Å²) in [6, 6.07) is 11.9. The Morgan fingerprint density at radius 1 is 1.00 bits per heavy atom. The molecule has 0 saturated heterocycles. The average Bonchev–Trinajstić information content (AvgIpc) is 2.79. The smallest absolute Gasteiger partial charge is 0.268 e. The molecule has 2 aromatic carbocycles. The van der Waals surface area contributed by atoms with E-state index in [9.17, 15) is 19.5 Å². The Labute approximate surface area is 179 Å². The highest BCUT2D eigenvalue weighted by Gasteiger charge is 2.25. The minimum Gasteiger partial charge on any atom is -0.391 e. The molecule has 0 aromatic heterocycles. The molecule has 0 aliphatic carbocycles. The van der Waals surface area contributed by atoms with Crippen LogP contribution in [0.2, 0.25) is 0 Å². The van der Waals surface area contributed by atoms with E-state index < -0.39 is 24.0 Å². The predicted octanol–water partition coefficient (Wildman–Crippen LogP) is -0.240. The number of rotatable bonds is 7. The van der Waals surface area contributed by atoms with Crippen molar-refractivity contribution in [2.75, 3.05) is 13.1 Å². The Balaban J connectivity index is 2.08. The van der Waals surface area contributed by atoms with E-state index in [1.807, 2.05) is 0 Å². The van der Waals surface area contributed by atoms with Gasteiger partial charge in [-0.3, -0.25) is 19.6 Å². The molecular formula is C22H24N4O5. The normalized spacial score (nSPS) is 12.0. The van der Waals surface area contributed by atoms with Crippen LogP contribution in [-0.4, -0.2) is 53.3 Å². The molecule has 2 rings (SSSR count). The van der Waals surface area contributed by atoms with Gasteiger partial charge in [0, 0.05) is 35.3 Å². The molecule has 0 radical (unpaired) electrons. The third-order valence-corrected chi connectivity index (χ3v) is 4.21. The van der Waals surface area contributed by atoms with Crippen LogP contribution in [0.1, 0.15) is 38.8 Å². The predicted molar refractivity (Wildman–Crippen MR) is 113 cm³/mol. The van der Waals surface area contributed by atoms with Gasteiger partial charge in [-0.05, 0) is 49.4 Å². The topological polar surface area (TPSA) is 154 Å². The number of carbonyl (C=O) groups is 3. The fourth-order valence-electron chi connectivity index (χ4n) is 2.57. The number of nitrogens with two attached hydrogens (primary N) is 1. The third-order valence-electron chi connectivity index (χ3n) is 4.21. The maximum atomic E-state index is 12.3. The summed E-state index contributed by atoms with van der Waals surface area (Å²) in [5, 5.41) is 23.3. The van der Waals surface area contributed by atoms with Crippen LogP contribution in [0, 0.1) is 11.8 Å². The Morgan fingerprint density at radius 2 is 1.68 bits per heavy atom. The van der Waals surface area contributed by atoms with Crippen molar-refractivity contribution in [2.45, 2.75) is 19.1 Å². The summed E-state index contributed by atoms with van der Waals surface area (Å²) >= 11 is 0. The van der Waals surface area contributed by atoms with Gasteiger partial charge in [-0.1, -0.05) is 17.9 Å². The van der Waals surface area contributed by atoms with E-state index in [0.717, 1.165) is 0 Å². The van der Waals surface area contributed by atoms with Crippen LogP contribution in [0.15, 0.2) is 48.5 Å². The van der Waals surface area contributed by atoms with Crippen LogP contribution in [0.3, 0.4) is 0 Å². The molecular weight excluding hydrogens is 400 g/mol. The lowest BCUT2D eigenvalue weighted by molar-refractivity contribution is -0.133. The van der Waals surface area contributed by atoms with E-state index in [2.05, 4.69) is 22.5 Å². The zero-order valence-electron chi connectivity index (χ0n) is 16.9. The first-order valence-corrected chi connectivity index (χ1v) is 9.49. The Bertz CT molecular complexity index is 993. The van der Waals surface area contributed by atoms with Gasteiger partial charge in [-0.25, -0.2) is 5.48 Å². The zero-order valence-corrected chi connectivity index (χ0v) is 16.9. The fourth-order valence-corrected chi connectivity index (χ4v) is 2.57. The molecule has 0 spiro atoms. The number of hydrogen-bond acceptors (Lipinski definition) is 6. The molecule has 0 aliphatic heterocycles. The number of carbonyl (C=O) groups excluding carboxylic acids is 3. The van der Waals surface area contributed by atoms with Crippen molar-refractivity contribution in [3.8, 4) is 11.8 Å². The van der Waals surface area contributed by atoms with Crippen LogP contribution >= 0.6 is 0 Å². The fraction of sp³-hybridized carbons (Fsp3) is 0.227. The standard InChI is InChI=1S/C22H24N4O5/c1-14(27)19(22(30)26-31)25-21(29)17-9-7-15(8-10-17)5-6-16-3-2-4-18(13-16)20(28)24-12-11-23/h2-4,7-10,13-14,19,27,31H,11-12,23H2,1H3,(H,24,28)(H,25,29)(H,26,30)/t14-,19+/m1/s1. The number of aliphatic hydroxyl groups is 1. The molecule has 3 amide bonds. The van der Waals surface area contributed by atoms with Crippen LogP contribution < -0.4 is 21.8 Å². The SMILES string of the molecule is C[C@@H](O)[C@H](NC(=O)c1ccc(C#Cc2cccc(C(=O)NCCN)c2)cc1)C(=O)NO. The lowest BCUT2D eigenvalue weighted by Gasteiger charge is -2.19. The summed E-state index contributed by atoms with van der Waals surface area (Å²) in [6.07, 6.45) is -1.20. The molecule has 0 fully saturated rings. The van der Waals surface area contributed by atoms with Gasteiger partial charge in [0.1, 0.15) is 6.04 Å². The maximum Gasteiger partial charge on any atom is 0.268 e. The van der Waals surface area contributed by atoms with E-state index in [-0.39, 0.29) is 11.5 Å². The van der Waals surface area contributed by atoms with E-state index in [4.69, 9.17) is 10.9 Å². The first kappa shape index (κ1) is 23.6. The Hall–Kier alpha value is -3.71. The summed E-state index contributed by atoms with van der Waals surface area (Å²) in [4.78, 5) is 35.8. The van der Waals surface area contributed by atoms with E-state index in [1.165, 1.54) is 24.5 Å². The van der Waals surface area contributed by atoms with Crippen LogP contribution in [0.25, 0.3) is 0 Å². The van der Waals surface area contributed by atoms with Crippen molar-refractivity contribution >= 4 is 17.7 Å². The van der Waals surface area contributed by atoms with Crippen LogP contribution in [0.4, 0.5) is 0 Å². The minimum atomic E-state index is -1.30. The van der Waals surface area contributed by atoms with Crippen LogP contribution in [-0.2, 0) is 4.79 Å². The average molecular weight is 424 g/mol. The lowest BCUT2D eigenvalue weighted by atomic mass is 10.1. The molecule has 0 aliphatic rings. The van der Waals surface area contributed by atoms with Gasteiger partial charge in [0.15, 0.2) is 0 Å². The minimum absolute atomic E-state index is 0.227. The molecule has 0 heterocycles. The summed E-state index contributed by atoms with van der Waals surface area (Å²) in [5.41, 5.74) is 8.80. The first-order valence-electron chi connectivity index (χ1n) is 9.49. The van der Waals surface area contributed by atoms with Crippen molar-refractivity contribution in [3.05, 3.63) is 70.8 Å². The highest BCUT2D eigenvalue weighted by molar-refractivity contribution is 5.97. The summed E-state index contributed by atoms with van der Waals surface area (Å²) < 4.78 is 0. The Morgan fingerprint density at radius 3 is 2.29 bits per heavy atom.